The largest absolute Gasteiger partial charge is 0.323 e. The highest BCUT2D eigenvalue weighted by atomic mass is 32.2. The van der Waals surface area contributed by atoms with Gasteiger partial charge in [-0.15, -0.1) is 0 Å². The normalized spacial score (nSPS) is 14.9. The minimum absolute atomic E-state index is 0.146. The van der Waals surface area contributed by atoms with Crippen LogP contribution in [0.2, 0.25) is 0 Å². The second kappa shape index (κ2) is 7.07. The fourth-order valence-electron chi connectivity index (χ4n) is 1.65. The number of thioether (sulfide) groups is 1. The molecule has 1 aromatic carbocycles. The van der Waals surface area contributed by atoms with E-state index in [1.807, 2.05) is 11.8 Å². The van der Waals surface area contributed by atoms with Crippen molar-refractivity contribution in [2.45, 2.75) is 45.4 Å². The molecule has 2 atom stereocenters. The molecule has 1 aromatic rings. The van der Waals surface area contributed by atoms with Gasteiger partial charge in [0.1, 0.15) is 0 Å². The van der Waals surface area contributed by atoms with Crippen LogP contribution in [0.4, 0.5) is 0 Å². The molecule has 0 aromatic heterocycles. The summed E-state index contributed by atoms with van der Waals surface area (Å²) in [7, 11) is 0. The average Bonchev–Trinajstić information content (AvgIpc) is 2.28. The maximum Gasteiger partial charge on any atom is 0.0412 e. The number of nitrogens with two attached hydrogens (primary N) is 1. The Bertz CT molecular complexity index is 318. The Hall–Kier alpha value is -0.470. The molecule has 0 heterocycles. The van der Waals surface area contributed by atoms with Crippen molar-refractivity contribution in [1.29, 1.82) is 0 Å². The zero-order valence-electron chi connectivity index (χ0n) is 11.4. The highest BCUT2D eigenvalue weighted by Gasteiger charge is 2.14. The maximum absolute atomic E-state index is 6.28. The van der Waals surface area contributed by atoms with E-state index in [-0.39, 0.29) is 6.04 Å². The van der Waals surface area contributed by atoms with Crippen molar-refractivity contribution in [3.63, 3.8) is 0 Å². The van der Waals surface area contributed by atoms with E-state index in [0.717, 1.165) is 5.92 Å². The molecule has 96 valence electrons. The molecule has 1 nitrogen and oxygen atoms in total. The van der Waals surface area contributed by atoms with Crippen LogP contribution in [-0.2, 0) is 0 Å². The molecule has 0 saturated carbocycles. The first-order valence-corrected chi connectivity index (χ1v) is 7.49. The first-order chi connectivity index (χ1) is 8.00. The van der Waals surface area contributed by atoms with Gasteiger partial charge in [0.25, 0.3) is 0 Å². The van der Waals surface area contributed by atoms with E-state index in [1.54, 1.807) is 0 Å². The summed E-state index contributed by atoms with van der Waals surface area (Å²) in [6.07, 6.45) is 1.27. The Morgan fingerprint density at radius 2 is 1.71 bits per heavy atom. The van der Waals surface area contributed by atoms with Crippen molar-refractivity contribution in [3.8, 4) is 0 Å². The van der Waals surface area contributed by atoms with Crippen LogP contribution in [0.3, 0.4) is 0 Å². The van der Waals surface area contributed by atoms with E-state index in [2.05, 4.69) is 52.0 Å². The second-order valence-corrected chi connectivity index (χ2v) is 6.68. The molecule has 2 heteroatoms. The van der Waals surface area contributed by atoms with E-state index in [4.69, 9.17) is 5.73 Å². The van der Waals surface area contributed by atoms with Gasteiger partial charge in [-0.05, 0) is 30.6 Å². The molecule has 0 amide bonds. The third-order valence-electron chi connectivity index (χ3n) is 3.04. The summed E-state index contributed by atoms with van der Waals surface area (Å²) in [5.41, 5.74) is 8.83. The summed E-state index contributed by atoms with van der Waals surface area (Å²) in [6, 6.07) is 8.73. The lowest BCUT2D eigenvalue weighted by molar-refractivity contribution is 0.629. The lowest BCUT2D eigenvalue weighted by Crippen LogP contribution is -2.21. The van der Waals surface area contributed by atoms with Crippen molar-refractivity contribution >= 4 is 11.8 Å². The minimum atomic E-state index is 0.146. The van der Waals surface area contributed by atoms with Gasteiger partial charge in [0.15, 0.2) is 0 Å². The molecular formula is C15H25NS. The second-order valence-electron chi connectivity index (χ2n) is 5.19. The first-order valence-electron chi connectivity index (χ1n) is 6.44. The molecule has 17 heavy (non-hydrogen) atoms. The van der Waals surface area contributed by atoms with Crippen LogP contribution in [0.5, 0.6) is 0 Å². The number of hydrogen-bond donors (Lipinski definition) is 1. The monoisotopic (exact) mass is 251 g/mol. The van der Waals surface area contributed by atoms with Gasteiger partial charge >= 0.3 is 0 Å². The standard InChI is InChI=1S/C15H25NS/c1-11(2)9-10-17-13(4)15(16)14-7-5-12(3)6-8-14/h5-8,11,13,15H,9-10,16H2,1-4H3. The number of rotatable bonds is 6. The zero-order chi connectivity index (χ0) is 12.8. The van der Waals surface area contributed by atoms with Gasteiger partial charge in [0.05, 0.1) is 0 Å². The van der Waals surface area contributed by atoms with Crippen LogP contribution in [0, 0.1) is 12.8 Å². The number of aryl methyl sites for hydroxylation is 1. The van der Waals surface area contributed by atoms with Crippen LogP contribution in [0.1, 0.15) is 44.4 Å². The van der Waals surface area contributed by atoms with E-state index < -0.39 is 0 Å². The summed E-state index contributed by atoms with van der Waals surface area (Å²) in [4.78, 5) is 0. The summed E-state index contributed by atoms with van der Waals surface area (Å²) >= 11 is 1.99. The van der Waals surface area contributed by atoms with Crippen LogP contribution >= 0.6 is 11.8 Å². The average molecular weight is 251 g/mol. The highest BCUT2D eigenvalue weighted by Crippen LogP contribution is 2.25. The van der Waals surface area contributed by atoms with Gasteiger partial charge in [-0.2, -0.15) is 11.8 Å². The van der Waals surface area contributed by atoms with Crippen LogP contribution < -0.4 is 5.73 Å². The molecule has 0 fully saturated rings. The van der Waals surface area contributed by atoms with Gasteiger partial charge in [-0.3, -0.25) is 0 Å². The molecule has 2 unspecified atom stereocenters. The Balaban J connectivity index is 2.45. The van der Waals surface area contributed by atoms with E-state index in [9.17, 15) is 0 Å². The molecule has 0 aliphatic heterocycles. The van der Waals surface area contributed by atoms with Crippen molar-refractivity contribution in [1.82, 2.24) is 0 Å². The molecular weight excluding hydrogens is 226 g/mol. The van der Waals surface area contributed by atoms with Crippen LogP contribution in [-0.4, -0.2) is 11.0 Å². The molecule has 0 spiro atoms. The Morgan fingerprint density at radius 3 is 2.24 bits per heavy atom. The van der Waals surface area contributed by atoms with Crippen molar-refractivity contribution in [2.75, 3.05) is 5.75 Å². The third kappa shape index (κ3) is 5.13. The Labute approximate surface area is 110 Å². The summed E-state index contributed by atoms with van der Waals surface area (Å²) in [5.74, 6) is 1.99. The fraction of sp³-hybridized carbons (Fsp3) is 0.600. The SMILES string of the molecule is Cc1ccc(C(N)C(C)SCCC(C)C)cc1. The Kier molecular flexibility index (Phi) is 6.07. The molecule has 1 rings (SSSR count). The summed E-state index contributed by atoms with van der Waals surface area (Å²) in [5, 5.41) is 0.483. The molecule has 0 aliphatic rings. The van der Waals surface area contributed by atoms with Crippen molar-refractivity contribution in [3.05, 3.63) is 35.4 Å². The first kappa shape index (κ1) is 14.6. The van der Waals surface area contributed by atoms with Gasteiger partial charge in [0, 0.05) is 11.3 Å². The van der Waals surface area contributed by atoms with E-state index >= 15 is 0 Å². The summed E-state index contributed by atoms with van der Waals surface area (Å²) < 4.78 is 0. The molecule has 0 saturated heterocycles. The quantitative estimate of drug-likeness (QED) is 0.821. The Morgan fingerprint density at radius 1 is 1.12 bits per heavy atom. The van der Waals surface area contributed by atoms with E-state index in [1.165, 1.54) is 23.3 Å². The van der Waals surface area contributed by atoms with Crippen molar-refractivity contribution < 1.29 is 0 Å². The molecule has 0 bridgehead atoms. The van der Waals surface area contributed by atoms with Gasteiger partial charge in [-0.1, -0.05) is 50.6 Å². The zero-order valence-corrected chi connectivity index (χ0v) is 12.3. The van der Waals surface area contributed by atoms with Gasteiger partial charge < -0.3 is 5.73 Å². The molecule has 2 N–H and O–H groups in total. The maximum atomic E-state index is 6.28. The smallest absolute Gasteiger partial charge is 0.0412 e. The van der Waals surface area contributed by atoms with E-state index in [0.29, 0.717) is 5.25 Å². The molecule has 0 aliphatic carbocycles. The summed E-state index contributed by atoms with van der Waals surface area (Å²) in [6.45, 7) is 8.88. The van der Waals surface area contributed by atoms with Gasteiger partial charge in [-0.25, -0.2) is 0 Å². The predicted molar refractivity (Wildman–Crippen MR) is 79.5 cm³/mol. The topological polar surface area (TPSA) is 26.0 Å². The number of benzene rings is 1. The lowest BCUT2D eigenvalue weighted by Gasteiger charge is -2.20. The fourth-order valence-corrected chi connectivity index (χ4v) is 3.00. The number of hydrogen-bond acceptors (Lipinski definition) is 2. The van der Waals surface area contributed by atoms with Gasteiger partial charge in [0.2, 0.25) is 0 Å². The van der Waals surface area contributed by atoms with Crippen LogP contribution in [0.15, 0.2) is 24.3 Å². The van der Waals surface area contributed by atoms with Crippen LogP contribution in [0.25, 0.3) is 0 Å². The highest BCUT2D eigenvalue weighted by molar-refractivity contribution is 7.99. The minimum Gasteiger partial charge on any atom is -0.323 e. The molecule has 0 radical (unpaired) electrons. The van der Waals surface area contributed by atoms with Crippen molar-refractivity contribution in [2.24, 2.45) is 11.7 Å². The third-order valence-corrected chi connectivity index (χ3v) is 4.33. The lowest BCUT2D eigenvalue weighted by atomic mass is 10.0. The predicted octanol–water partition coefficient (Wildman–Crippen LogP) is 4.16.